The van der Waals surface area contributed by atoms with Crippen LogP contribution in [0.3, 0.4) is 0 Å². The Morgan fingerprint density at radius 3 is 2.29 bits per heavy atom. The van der Waals surface area contributed by atoms with Crippen molar-refractivity contribution in [2.24, 2.45) is 0 Å². The molecule has 1 fully saturated rings. The Labute approximate surface area is 109 Å². The van der Waals surface area contributed by atoms with Gasteiger partial charge in [-0.3, -0.25) is 0 Å². The summed E-state index contributed by atoms with van der Waals surface area (Å²) in [7, 11) is 0. The van der Waals surface area contributed by atoms with Gasteiger partial charge in [0, 0.05) is 6.04 Å². The van der Waals surface area contributed by atoms with Crippen molar-refractivity contribution in [3.8, 4) is 0 Å². The van der Waals surface area contributed by atoms with Crippen molar-refractivity contribution in [3.63, 3.8) is 0 Å². The molecule has 0 aromatic rings. The van der Waals surface area contributed by atoms with Gasteiger partial charge in [-0.25, -0.2) is 0 Å². The molecule has 102 valence electrons. The minimum Gasteiger partial charge on any atom is -0.300 e. The molecule has 0 bridgehead atoms. The van der Waals surface area contributed by atoms with Crippen molar-refractivity contribution < 1.29 is 0 Å². The predicted molar refractivity (Wildman–Crippen MR) is 77.5 cm³/mol. The third-order valence-electron chi connectivity index (χ3n) is 4.17. The topological polar surface area (TPSA) is 3.24 Å². The maximum Gasteiger partial charge on any atom is 0.00956 e. The minimum atomic E-state index is 0.931. The molecule has 0 aliphatic carbocycles. The lowest BCUT2D eigenvalue weighted by molar-refractivity contribution is 0.236. The van der Waals surface area contributed by atoms with Gasteiger partial charge in [-0.05, 0) is 38.8 Å². The van der Waals surface area contributed by atoms with Crippen LogP contribution in [0, 0.1) is 0 Å². The summed E-state index contributed by atoms with van der Waals surface area (Å²) in [6.07, 6.45) is 15.8. The van der Waals surface area contributed by atoms with E-state index in [1.54, 1.807) is 0 Å². The Hall–Kier alpha value is -0.0400. The summed E-state index contributed by atoms with van der Waals surface area (Å²) in [4.78, 5) is 2.76. The first-order valence-corrected chi connectivity index (χ1v) is 8.12. The SMILES string of the molecule is CCCCCCCCCN1CCCC1CCC. The van der Waals surface area contributed by atoms with E-state index in [1.165, 1.54) is 83.7 Å². The van der Waals surface area contributed by atoms with Crippen LogP contribution in [0.4, 0.5) is 0 Å². The van der Waals surface area contributed by atoms with E-state index in [2.05, 4.69) is 18.7 Å². The molecule has 1 nitrogen and oxygen atoms in total. The average Bonchev–Trinajstić information content (AvgIpc) is 2.76. The van der Waals surface area contributed by atoms with E-state index >= 15 is 0 Å². The highest BCUT2D eigenvalue weighted by atomic mass is 15.2. The molecule has 0 radical (unpaired) electrons. The number of hydrogen-bond donors (Lipinski definition) is 0. The summed E-state index contributed by atoms with van der Waals surface area (Å²) >= 11 is 0. The van der Waals surface area contributed by atoms with Crippen molar-refractivity contribution in [1.82, 2.24) is 4.90 Å². The Morgan fingerprint density at radius 1 is 0.882 bits per heavy atom. The van der Waals surface area contributed by atoms with Gasteiger partial charge in [0.05, 0.1) is 0 Å². The lowest BCUT2D eigenvalue weighted by Crippen LogP contribution is -2.30. The van der Waals surface area contributed by atoms with Crippen molar-refractivity contribution in [1.29, 1.82) is 0 Å². The van der Waals surface area contributed by atoms with Crippen LogP contribution in [-0.2, 0) is 0 Å². The van der Waals surface area contributed by atoms with Crippen molar-refractivity contribution in [2.75, 3.05) is 13.1 Å². The van der Waals surface area contributed by atoms with E-state index < -0.39 is 0 Å². The molecule has 0 aromatic heterocycles. The fourth-order valence-electron chi connectivity index (χ4n) is 3.12. The van der Waals surface area contributed by atoms with E-state index in [0.717, 1.165) is 6.04 Å². The van der Waals surface area contributed by atoms with Crippen LogP contribution in [0.1, 0.15) is 84.5 Å². The Bertz CT molecular complexity index is 167. The summed E-state index contributed by atoms with van der Waals surface area (Å²) in [5, 5.41) is 0. The van der Waals surface area contributed by atoms with Crippen LogP contribution >= 0.6 is 0 Å². The number of rotatable bonds is 10. The molecule has 1 atom stereocenters. The van der Waals surface area contributed by atoms with E-state index in [4.69, 9.17) is 0 Å². The van der Waals surface area contributed by atoms with E-state index in [9.17, 15) is 0 Å². The Kier molecular flexibility index (Phi) is 8.78. The van der Waals surface area contributed by atoms with Gasteiger partial charge in [0.25, 0.3) is 0 Å². The second-order valence-corrected chi connectivity index (χ2v) is 5.74. The first kappa shape index (κ1) is 15.0. The second kappa shape index (κ2) is 9.94. The number of hydrogen-bond acceptors (Lipinski definition) is 1. The highest BCUT2D eigenvalue weighted by molar-refractivity contribution is 4.78. The Morgan fingerprint density at radius 2 is 1.59 bits per heavy atom. The maximum atomic E-state index is 2.76. The zero-order chi connectivity index (χ0) is 12.3. The van der Waals surface area contributed by atoms with E-state index in [-0.39, 0.29) is 0 Å². The monoisotopic (exact) mass is 239 g/mol. The van der Waals surface area contributed by atoms with Gasteiger partial charge in [-0.2, -0.15) is 0 Å². The van der Waals surface area contributed by atoms with Crippen LogP contribution in [0.5, 0.6) is 0 Å². The quantitative estimate of drug-likeness (QED) is 0.485. The van der Waals surface area contributed by atoms with Crippen molar-refractivity contribution in [3.05, 3.63) is 0 Å². The minimum absolute atomic E-state index is 0.931. The summed E-state index contributed by atoms with van der Waals surface area (Å²) in [6.45, 7) is 7.37. The second-order valence-electron chi connectivity index (χ2n) is 5.74. The summed E-state index contributed by atoms with van der Waals surface area (Å²) in [5.41, 5.74) is 0. The molecular weight excluding hydrogens is 206 g/mol. The van der Waals surface area contributed by atoms with Crippen molar-refractivity contribution in [2.45, 2.75) is 90.5 Å². The highest BCUT2D eigenvalue weighted by Crippen LogP contribution is 2.21. The third-order valence-corrected chi connectivity index (χ3v) is 4.17. The van der Waals surface area contributed by atoms with Crippen LogP contribution in [0.25, 0.3) is 0 Å². The number of nitrogens with zero attached hydrogens (tertiary/aromatic N) is 1. The van der Waals surface area contributed by atoms with Gasteiger partial charge in [0.15, 0.2) is 0 Å². The molecule has 0 saturated carbocycles. The summed E-state index contributed by atoms with van der Waals surface area (Å²) in [5.74, 6) is 0. The number of likely N-dealkylation sites (tertiary alicyclic amines) is 1. The largest absolute Gasteiger partial charge is 0.300 e. The molecule has 0 amide bonds. The molecule has 1 aliphatic heterocycles. The lowest BCUT2D eigenvalue weighted by Gasteiger charge is -2.23. The molecule has 1 aliphatic rings. The fraction of sp³-hybridized carbons (Fsp3) is 1.00. The lowest BCUT2D eigenvalue weighted by atomic mass is 10.1. The number of unbranched alkanes of at least 4 members (excludes halogenated alkanes) is 6. The molecule has 1 unspecified atom stereocenters. The fourth-order valence-corrected chi connectivity index (χ4v) is 3.12. The van der Waals surface area contributed by atoms with Crippen LogP contribution in [0.15, 0.2) is 0 Å². The third kappa shape index (κ3) is 6.45. The maximum absolute atomic E-state index is 2.76. The average molecular weight is 239 g/mol. The first-order chi connectivity index (χ1) is 8.38. The van der Waals surface area contributed by atoms with Crippen LogP contribution in [-0.4, -0.2) is 24.0 Å². The van der Waals surface area contributed by atoms with E-state index in [1.807, 2.05) is 0 Å². The molecule has 0 aromatic carbocycles. The van der Waals surface area contributed by atoms with Gasteiger partial charge in [0.1, 0.15) is 0 Å². The molecular formula is C16H33N. The smallest absolute Gasteiger partial charge is 0.00956 e. The van der Waals surface area contributed by atoms with Crippen LogP contribution < -0.4 is 0 Å². The molecule has 1 saturated heterocycles. The zero-order valence-corrected chi connectivity index (χ0v) is 12.2. The van der Waals surface area contributed by atoms with Gasteiger partial charge in [-0.1, -0.05) is 58.8 Å². The normalized spacial score (nSPS) is 21.2. The van der Waals surface area contributed by atoms with Gasteiger partial charge in [-0.15, -0.1) is 0 Å². The van der Waals surface area contributed by atoms with Crippen LogP contribution in [0.2, 0.25) is 0 Å². The molecule has 1 heteroatoms. The predicted octanol–water partition coefficient (Wildman–Crippen LogP) is 5.00. The molecule has 0 spiro atoms. The van der Waals surface area contributed by atoms with Gasteiger partial charge >= 0.3 is 0 Å². The first-order valence-electron chi connectivity index (χ1n) is 8.12. The van der Waals surface area contributed by atoms with Gasteiger partial charge in [0.2, 0.25) is 0 Å². The Balaban J connectivity index is 1.94. The highest BCUT2D eigenvalue weighted by Gasteiger charge is 2.22. The molecule has 1 rings (SSSR count). The molecule has 17 heavy (non-hydrogen) atoms. The standard InChI is InChI=1S/C16H33N/c1-3-5-6-7-8-9-10-14-17-15-11-13-16(17)12-4-2/h16H,3-15H2,1-2H3. The summed E-state index contributed by atoms with van der Waals surface area (Å²) in [6, 6.07) is 0.931. The molecule has 1 heterocycles. The van der Waals surface area contributed by atoms with Crippen molar-refractivity contribution >= 4 is 0 Å². The molecule has 0 N–H and O–H groups in total. The zero-order valence-electron chi connectivity index (χ0n) is 12.2. The van der Waals surface area contributed by atoms with E-state index in [0.29, 0.717) is 0 Å². The summed E-state index contributed by atoms with van der Waals surface area (Å²) < 4.78 is 0. The van der Waals surface area contributed by atoms with Gasteiger partial charge < -0.3 is 4.90 Å².